The van der Waals surface area contributed by atoms with Gasteiger partial charge in [-0.05, 0) is 13.1 Å². The SMILES string of the molecule is C[Si](C)(O)O[Si](O)(O)O. The summed E-state index contributed by atoms with van der Waals surface area (Å²) in [5.74, 6) is 0. The molecule has 0 radical (unpaired) electrons. The Bertz CT molecular complexity index is 78.1. The average molecular weight is 170 g/mol. The van der Waals surface area contributed by atoms with E-state index in [0.29, 0.717) is 0 Å². The number of hydrogen-bond acceptors (Lipinski definition) is 5. The first-order valence-corrected chi connectivity index (χ1v) is 6.91. The van der Waals surface area contributed by atoms with Gasteiger partial charge in [-0.1, -0.05) is 0 Å². The van der Waals surface area contributed by atoms with Crippen LogP contribution in [0.2, 0.25) is 13.1 Å². The smallest absolute Gasteiger partial charge is 0.411 e. The van der Waals surface area contributed by atoms with Gasteiger partial charge >= 0.3 is 17.6 Å². The highest BCUT2D eigenvalue weighted by Gasteiger charge is 2.38. The summed E-state index contributed by atoms with van der Waals surface area (Å²) in [7, 11) is -7.46. The summed E-state index contributed by atoms with van der Waals surface area (Å²) in [5.41, 5.74) is 0. The van der Waals surface area contributed by atoms with Crippen LogP contribution in [-0.2, 0) is 4.12 Å². The summed E-state index contributed by atoms with van der Waals surface area (Å²) in [6.45, 7) is 2.63. The van der Waals surface area contributed by atoms with Crippen molar-refractivity contribution in [1.82, 2.24) is 0 Å². The third-order valence-corrected chi connectivity index (χ3v) is 3.48. The molecule has 0 saturated carbocycles. The zero-order valence-electron chi connectivity index (χ0n) is 5.20. The van der Waals surface area contributed by atoms with Crippen LogP contribution in [-0.4, -0.2) is 36.8 Å². The molecule has 4 N–H and O–H groups in total. The van der Waals surface area contributed by atoms with Crippen molar-refractivity contribution < 1.29 is 23.3 Å². The van der Waals surface area contributed by atoms with Crippen LogP contribution in [0.25, 0.3) is 0 Å². The molecule has 0 aliphatic carbocycles. The van der Waals surface area contributed by atoms with Crippen LogP contribution in [0.3, 0.4) is 0 Å². The van der Waals surface area contributed by atoms with Crippen molar-refractivity contribution in [1.29, 1.82) is 0 Å². The van der Waals surface area contributed by atoms with E-state index in [-0.39, 0.29) is 0 Å². The van der Waals surface area contributed by atoms with Crippen LogP contribution < -0.4 is 0 Å². The Morgan fingerprint density at radius 3 is 1.33 bits per heavy atom. The summed E-state index contributed by atoms with van der Waals surface area (Å²) in [6, 6.07) is 0. The van der Waals surface area contributed by atoms with Crippen LogP contribution in [0.4, 0.5) is 0 Å². The molecule has 5 nitrogen and oxygen atoms in total. The van der Waals surface area contributed by atoms with Gasteiger partial charge in [0.05, 0.1) is 0 Å². The fourth-order valence-corrected chi connectivity index (χ4v) is 3.02. The zero-order valence-corrected chi connectivity index (χ0v) is 7.20. The van der Waals surface area contributed by atoms with Gasteiger partial charge in [-0.15, -0.1) is 0 Å². The second-order valence-electron chi connectivity index (χ2n) is 2.12. The van der Waals surface area contributed by atoms with E-state index in [9.17, 15) is 0 Å². The van der Waals surface area contributed by atoms with Gasteiger partial charge in [-0.25, -0.2) is 0 Å². The van der Waals surface area contributed by atoms with Crippen molar-refractivity contribution in [2.75, 3.05) is 0 Å². The van der Waals surface area contributed by atoms with Crippen molar-refractivity contribution in [2.24, 2.45) is 0 Å². The number of rotatable bonds is 2. The average Bonchev–Trinajstić information content (AvgIpc) is 1.14. The van der Waals surface area contributed by atoms with Gasteiger partial charge in [0.1, 0.15) is 0 Å². The summed E-state index contributed by atoms with van der Waals surface area (Å²) < 4.78 is 4.12. The Labute approximate surface area is 54.9 Å². The first kappa shape index (κ1) is 9.23. The summed E-state index contributed by atoms with van der Waals surface area (Å²) in [4.78, 5) is 33.6. The van der Waals surface area contributed by atoms with E-state index in [1.807, 2.05) is 0 Å². The lowest BCUT2D eigenvalue weighted by molar-refractivity contribution is 0.112. The van der Waals surface area contributed by atoms with E-state index in [1.54, 1.807) is 0 Å². The summed E-state index contributed by atoms with van der Waals surface area (Å²) in [6.07, 6.45) is 0. The van der Waals surface area contributed by atoms with Gasteiger partial charge in [-0.3, -0.25) is 0 Å². The van der Waals surface area contributed by atoms with Crippen LogP contribution in [0.1, 0.15) is 0 Å². The molecule has 0 aliphatic rings. The highest BCUT2D eigenvalue weighted by atomic mass is 28.5. The maximum Gasteiger partial charge on any atom is 0.662 e. The first-order valence-electron chi connectivity index (χ1n) is 2.30. The predicted octanol–water partition coefficient (Wildman–Crippen LogP) is -1.89. The van der Waals surface area contributed by atoms with E-state index < -0.39 is 17.6 Å². The Balaban J connectivity index is 3.75. The minimum Gasteiger partial charge on any atom is -0.411 e. The van der Waals surface area contributed by atoms with Crippen LogP contribution in [0.15, 0.2) is 0 Å². The Kier molecular flexibility index (Phi) is 2.52. The molecular weight excluding hydrogens is 160 g/mol. The predicted molar refractivity (Wildman–Crippen MR) is 33.2 cm³/mol. The maximum atomic E-state index is 8.82. The van der Waals surface area contributed by atoms with Gasteiger partial charge in [0, 0.05) is 0 Å². The summed E-state index contributed by atoms with van der Waals surface area (Å²) >= 11 is 0. The molecule has 0 bridgehead atoms. The van der Waals surface area contributed by atoms with E-state index in [1.165, 1.54) is 13.1 Å². The molecule has 0 aromatic rings. The highest BCUT2D eigenvalue weighted by molar-refractivity contribution is 6.72. The first-order chi connectivity index (χ1) is 3.71. The molecule has 7 heteroatoms. The van der Waals surface area contributed by atoms with Crippen molar-refractivity contribution in [3.63, 3.8) is 0 Å². The van der Waals surface area contributed by atoms with E-state index in [2.05, 4.69) is 4.12 Å². The van der Waals surface area contributed by atoms with Crippen molar-refractivity contribution in [2.45, 2.75) is 13.1 Å². The second kappa shape index (κ2) is 2.46. The largest absolute Gasteiger partial charge is 0.662 e. The molecule has 0 fully saturated rings. The van der Waals surface area contributed by atoms with Gasteiger partial charge in [-0.2, -0.15) is 0 Å². The Morgan fingerprint density at radius 1 is 1.00 bits per heavy atom. The van der Waals surface area contributed by atoms with Crippen molar-refractivity contribution >= 4 is 17.6 Å². The molecule has 0 aromatic heterocycles. The second-order valence-corrected chi connectivity index (χ2v) is 6.98. The third-order valence-electron chi connectivity index (χ3n) is 0.387. The normalized spacial score (nSPS) is 14.0. The standard InChI is InChI=1S/C2H10O5Si2/c1-8(2,3)7-9(4,5)6/h3-6H,1-2H3. The topological polar surface area (TPSA) is 90.2 Å². The molecular formula is C2H10O5Si2. The lowest BCUT2D eigenvalue weighted by Gasteiger charge is -2.18. The van der Waals surface area contributed by atoms with E-state index >= 15 is 0 Å². The minimum atomic E-state index is -4.48. The van der Waals surface area contributed by atoms with E-state index in [4.69, 9.17) is 19.2 Å². The van der Waals surface area contributed by atoms with Gasteiger partial charge in [0.15, 0.2) is 0 Å². The molecule has 0 unspecified atom stereocenters. The molecule has 56 valence electrons. The molecule has 9 heavy (non-hydrogen) atoms. The molecule has 0 rings (SSSR count). The van der Waals surface area contributed by atoms with Gasteiger partial charge in [0.25, 0.3) is 0 Å². The Morgan fingerprint density at radius 2 is 1.33 bits per heavy atom. The lowest BCUT2D eigenvalue weighted by Crippen LogP contribution is -2.49. The van der Waals surface area contributed by atoms with Crippen LogP contribution in [0, 0.1) is 0 Å². The molecule has 0 spiro atoms. The summed E-state index contributed by atoms with van der Waals surface area (Å²) in [5, 5.41) is 0. The highest BCUT2D eigenvalue weighted by Crippen LogP contribution is 2.02. The fraction of sp³-hybridized carbons (Fsp3) is 1.00. The molecule has 0 aliphatic heterocycles. The molecule has 0 saturated heterocycles. The van der Waals surface area contributed by atoms with Crippen LogP contribution in [0.5, 0.6) is 0 Å². The lowest BCUT2D eigenvalue weighted by atomic mass is 11.9. The van der Waals surface area contributed by atoms with Crippen molar-refractivity contribution in [3.05, 3.63) is 0 Å². The molecule has 0 amide bonds. The van der Waals surface area contributed by atoms with E-state index in [0.717, 1.165) is 0 Å². The fourth-order valence-electron chi connectivity index (χ4n) is 0.335. The van der Waals surface area contributed by atoms with Gasteiger partial charge in [0.2, 0.25) is 0 Å². The monoisotopic (exact) mass is 170 g/mol. The number of hydrogen-bond donors (Lipinski definition) is 4. The molecule has 0 aromatic carbocycles. The zero-order chi connectivity index (χ0) is 7.71. The minimum absolute atomic E-state index is 1.32. The molecule has 0 atom stereocenters. The van der Waals surface area contributed by atoms with Crippen LogP contribution >= 0.6 is 0 Å². The quantitative estimate of drug-likeness (QED) is 0.364. The van der Waals surface area contributed by atoms with Gasteiger partial charge < -0.3 is 23.3 Å². The van der Waals surface area contributed by atoms with Crippen molar-refractivity contribution in [3.8, 4) is 0 Å². The third kappa shape index (κ3) is 8.23. The maximum absolute atomic E-state index is 8.82. The Hall–Kier alpha value is 0.234. The molecule has 0 heterocycles.